The number of rotatable bonds is 3. The summed E-state index contributed by atoms with van der Waals surface area (Å²) >= 11 is 0. The van der Waals surface area contributed by atoms with Crippen molar-refractivity contribution in [3.05, 3.63) is 11.8 Å². The Kier molecular flexibility index (Phi) is 2.85. The molecule has 0 fully saturated rings. The number of aliphatic imine (C=N–C) groups is 1. The molecule has 1 aliphatic rings. The van der Waals surface area contributed by atoms with Crippen molar-refractivity contribution in [3.63, 3.8) is 0 Å². The summed E-state index contributed by atoms with van der Waals surface area (Å²) in [6.07, 6.45) is 2.40. The van der Waals surface area contributed by atoms with Crippen molar-refractivity contribution in [1.82, 2.24) is 0 Å². The molecule has 1 rings (SSSR count). The molecule has 2 unspecified atom stereocenters. The van der Waals surface area contributed by atoms with E-state index in [9.17, 15) is 9.18 Å². The van der Waals surface area contributed by atoms with Crippen LogP contribution in [0.15, 0.2) is 16.8 Å². The third-order valence-electron chi connectivity index (χ3n) is 1.90. The molecule has 1 N–H and O–H groups in total. The minimum absolute atomic E-state index is 0.206. The Bertz CT molecular complexity index is 302. The molecule has 0 aromatic rings. The lowest BCUT2D eigenvalue weighted by Crippen LogP contribution is -2.47. The summed E-state index contributed by atoms with van der Waals surface area (Å²) in [7, 11) is 2.29. The van der Waals surface area contributed by atoms with Crippen LogP contribution in [0.3, 0.4) is 0 Å². The first-order chi connectivity index (χ1) is 6.56. The predicted octanol–water partition coefficient (Wildman–Crippen LogP) is 0.367. The number of halogens is 1. The zero-order chi connectivity index (χ0) is 10.8. The second kappa shape index (κ2) is 3.75. The van der Waals surface area contributed by atoms with Gasteiger partial charge in [-0.05, 0) is 6.08 Å². The highest BCUT2D eigenvalue weighted by molar-refractivity contribution is 5.83. The van der Waals surface area contributed by atoms with Gasteiger partial charge in [-0.2, -0.15) is 0 Å². The molecule has 0 radical (unpaired) electrons. The number of hydrogen-bond donors (Lipinski definition) is 1. The second-order valence-corrected chi connectivity index (χ2v) is 2.62. The summed E-state index contributed by atoms with van der Waals surface area (Å²) < 4.78 is 23.2. The summed E-state index contributed by atoms with van der Waals surface area (Å²) in [5, 5.41) is 8.70. The lowest BCUT2D eigenvalue weighted by atomic mass is 10.0. The molecule has 0 aliphatic carbocycles. The van der Waals surface area contributed by atoms with Crippen molar-refractivity contribution in [2.75, 3.05) is 14.2 Å². The van der Waals surface area contributed by atoms with Gasteiger partial charge in [0.05, 0.1) is 7.11 Å². The van der Waals surface area contributed by atoms with E-state index in [0.29, 0.717) is 0 Å². The van der Waals surface area contributed by atoms with Crippen LogP contribution in [0, 0.1) is 0 Å². The summed E-state index contributed by atoms with van der Waals surface area (Å²) in [5.74, 6) is -4.15. The highest BCUT2D eigenvalue weighted by atomic mass is 19.2. The number of carboxylic acid groups (broad SMARTS) is 1. The molecular formula is C8H10FNO4. The van der Waals surface area contributed by atoms with Crippen molar-refractivity contribution in [2.45, 2.75) is 11.9 Å². The Hall–Kier alpha value is -1.43. The van der Waals surface area contributed by atoms with E-state index in [2.05, 4.69) is 14.5 Å². The van der Waals surface area contributed by atoms with Crippen molar-refractivity contribution >= 4 is 12.2 Å². The van der Waals surface area contributed by atoms with Gasteiger partial charge in [0.15, 0.2) is 5.76 Å². The Morgan fingerprint density at radius 3 is 2.79 bits per heavy atom. The molecule has 0 bridgehead atoms. The quantitative estimate of drug-likeness (QED) is 0.719. The maximum absolute atomic E-state index is 14.0. The molecule has 0 saturated carbocycles. The van der Waals surface area contributed by atoms with Crippen LogP contribution in [-0.2, 0) is 14.3 Å². The van der Waals surface area contributed by atoms with Gasteiger partial charge in [-0.15, -0.1) is 0 Å². The van der Waals surface area contributed by atoms with Gasteiger partial charge in [-0.1, -0.05) is 0 Å². The first-order valence-corrected chi connectivity index (χ1v) is 3.81. The van der Waals surface area contributed by atoms with Gasteiger partial charge >= 0.3 is 5.97 Å². The Morgan fingerprint density at radius 1 is 1.71 bits per heavy atom. The molecule has 5 nitrogen and oxygen atoms in total. The predicted molar refractivity (Wildman–Crippen MR) is 45.9 cm³/mol. The Labute approximate surface area is 79.8 Å². The number of ether oxygens (including phenoxy) is 2. The zero-order valence-corrected chi connectivity index (χ0v) is 7.73. The lowest BCUT2D eigenvalue weighted by molar-refractivity contribution is -0.167. The van der Waals surface area contributed by atoms with E-state index in [0.717, 1.165) is 7.11 Å². The normalized spacial score (nSPS) is 31.1. The molecule has 6 heteroatoms. The maximum Gasteiger partial charge on any atom is 0.334 e. The molecule has 0 saturated heterocycles. The molecule has 1 heterocycles. The molecule has 0 aromatic carbocycles. The SMILES string of the molecule is COC1=CC=NC(C(=O)O)C1(F)OC. The fourth-order valence-corrected chi connectivity index (χ4v) is 1.18. The van der Waals surface area contributed by atoms with E-state index < -0.39 is 17.9 Å². The van der Waals surface area contributed by atoms with E-state index >= 15 is 0 Å². The average molecular weight is 203 g/mol. The fourth-order valence-electron chi connectivity index (χ4n) is 1.18. The van der Waals surface area contributed by atoms with Crippen molar-refractivity contribution in [1.29, 1.82) is 0 Å². The highest BCUT2D eigenvalue weighted by Gasteiger charge is 2.50. The second-order valence-electron chi connectivity index (χ2n) is 2.62. The maximum atomic E-state index is 14.0. The topological polar surface area (TPSA) is 68.1 Å². The van der Waals surface area contributed by atoms with Crippen LogP contribution in [0.5, 0.6) is 0 Å². The standard InChI is InChI=1S/C8H10FNO4/c1-13-5-3-4-10-6(7(11)12)8(5,9)14-2/h3-4,6H,1-2H3,(H,11,12). The third-order valence-corrected chi connectivity index (χ3v) is 1.90. The number of nitrogens with zero attached hydrogens (tertiary/aromatic N) is 1. The smallest absolute Gasteiger partial charge is 0.334 e. The third kappa shape index (κ3) is 1.48. The number of carbonyl (C=O) groups is 1. The molecule has 1 aliphatic heterocycles. The van der Waals surface area contributed by atoms with E-state index in [4.69, 9.17) is 5.11 Å². The summed E-state index contributed by atoms with van der Waals surface area (Å²) in [5.41, 5.74) is 0. The van der Waals surface area contributed by atoms with Crippen molar-refractivity contribution in [2.24, 2.45) is 4.99 Å². The average Bonchev–Trinajstić information content (AvgIpc) is 2.17. The Balaban J connectivity index is 3.08. The molecule has 0 spiro atoms. The van der Waals surface area contributed by atoms with E-state index in [1.807, 2.05) is 0 Å². The van der Waals surface area contributed by atoms with Crippen molar-refractivity contribution in [3.8, 4) is 0 Å². The number of alkyl halides is 1. The van der Waals surface area contributed by atoms with Gasteiger partial charge in [0.25, 0.3) is 5.85 Å². The largest absolute Gasteiger partial charge is 0.495 e. The minimum Gasteiger partial charge on any atom is -0.495 e. The summed E-state index contributed by atoms with van der Waals surface area (Å²) in [6, 6.07) is -1.63. The first-order valence-electron chi connectivity index (χ1n) is 3.81. The number of methoxy groups -OCH3 is 2. The van der Waals surface area contributed by atoms with Gasteiger partial charge in [0, 0.05) is 13.3 Å². The van der Waals surface area contributed by atoms with Crippen LogP contribution in [0.2, 0.25) is 0 Å². The minimum atomic E-state index is -2.53. The van der Waals surface area contributed by atoms with Crippen LogP contribution in [0.4, 0.5) is 4.39 Å². The van der Waals surface area contributed by atoms with E-state index in [1.165, 1.54) is 19.4 Å². The van der Waals surface area contributed by atoms with Gasteiger partial charge in [-0.25, -0.2) is 9.18 Å². The molecule has 0 aromatic heterocycles. The molecule has 78 valence electrons. The van der Waals surface area contributed by atoms with Gasteiger partial charge in [0.2, 0.25) is 6.04 Å². The van der Waals surface area contributed by atoms with Gasteiger partial charge < -0.3 is 14.6 Å². The van der Waals surface area contributed by atoms with Crippen molar-refractivity contribution < 1.29 is 23.8 Å². The number of aliphatic carboxylic acids is 1. The number of dihydropyridines is 1. The molecule has 14 heavy (non-hydrogen) atoms. The van der Waals surface area contributed by atoms with E-state index in [-0.39, 0.29) is 5.76 Å². The first kappa shape index (κ1) is 10.6. The van der Waals surface area contributed by atoms with Crippen LogP contribution >= 0.6 is 0 Å². The van der Waals surface area contributed by atoms with Crippen LogP contribution < -0.4 is 0 Å². The zero-order valence-electron chi connectivity index (χ0n) is 7.73. The lowest BCUT2D eigenvalue weighted by Gasteiger charge is -2.30. The van der Waals surface area contributed by atoms with E-state index in [1.54, 1.807) is 0 Å². The number of carboxylic acids is 1. The summed E-state index contributed by atoms with van der Waals surface area (Å²) in [6.45, 7) is 0. The van der Waals surface area contributed by atoms with Gasteiger partial charge in [0.1, 0.15) is 0 Å². The number of hydrogen-bond acceptors (Lipinski definition) is 4. The molecular weight excluding hydrogens is 193 g/mol. The molecule has 2 atom stereocenters. The summed E-state index contributed by atoms with van der Waals surface area (Å²) in [4.78, 5) is 14.1. The van der Waals surface area contributed by atoms with Crippen LogP contribution in [0.1, 0.15) is 0 Å². The van der Waals surface area contributed by atoms with Gasteiger partial charge in [-0.3, -0.25) is 4.99 Å². The highest BCUT2D eigenvalue weighted by Crippen LogP contribution is 2.31. The fraction of sp³-hybridized carbons (Fsp3) is 0.500. The van der Waals surface area contributed by atoms with Crippen LogP contribution in [0.25, 0.3) is 0 Å². The Morgan fingerprint density at radius 2 is 2.36 bits per heavy atom. The molecule has 0 amide bonds. The monoisotopic (exact) mass is 203 g/mol. The van der Waals surface area contributed by atoms with Crippen LogP contribution in [-0.4, -0.2) is 43.4 Å². The number of allylic oxidation sites excluding steroid dienone is 1.